The van der Waals surface area contributed by atoms with E-state index in [0.717, 1.165) is 11.4 Å². The quantitative estimate of drug-likeness (QED) is 0.563. The van der Waals surface area contributed by atoms with E-state index in [-0.39, 0.29) is 5.91 Å². The van der Waals surface area contributed by atoms with Crippen LogP contribution >= 0.6 is 0 Å². The Labute approximate surface area is 173 Å². The molecule has 148 valence electrons. The molecule has 0 bridgehead atoms. The van der Waals surface area contributed by atoms with Gasteiger partial charge in [-0.05, 0) is 36.4 Å². The summed E-state index contributed by atoms with van der Waals surface area (Å²) in [7, 11) is 1.60. The molecule has 3 aromatic carbocycles. The number of hydrogen-bond donors (Lipinski definition) is 1. The van der Waals surface area contributed by atoms with Crippen molar-refractivity contribution in [2.45, 2.75) is 6.17 Å². The Kier molecular flexibility index (Phi) is 4.40. The van der Waals surface area contributed by atoms with Crippen LogP contribution in [0.15, 0.2) is 85.1 Å². The zero-order valence-corrected chi connectivity index (χ0v) is 16.3. The summed E-state index contributed by atoms with van der Waals surface area (Å²) < 4.78 is 5.36. The van der Waals surface area contributed by atoms with Crippen molar-refractivity contribution in [3.8, 4) is 11.4 Å². The van der Waals surface area contributed by atoms with Crippen LogP contribution < -0.4 is 15.0 Å². The Bertz CT molecular complexity index is 1200. The standard InChI is InChI=1S/C23H19N5O2/c1-30-18-11-7-10-17(14-18)27-22(25-20-13-6-5-12-19(20)23(27)29)21-15-24-28(26-21)16-8-3-2-4-9-16/h2-15,22,25H,1H3. The maximum atomic E-state index is 13.5. The molecule has 7 heteroatoms. The predicted octanol–water partition coefficient (Wildman–Crippen LogP) is 4.05. The van der Waals surface area contributed by atoms with Gasteiger partial charge >= 0.3 is 0 Å². The van der Waals surface area contributed by atoms with Crippen molar-refractivity contribution in [3.05, 3.63) is 96.3 Å². The Hall–Kier alpha value is -4.13. The molecule has 1 aliphatic heterocycles. The van der Waals surface area contributed by atoms with Gasteiger partial charge in [-0.15, -0.1) is 5.10 Å². The van der Waals surface area contributed by atoms with Crippen LogP contribution in [0.4, 0.5) is 11.4 Å². The first-order chi connectivity index (χ1) is 14.7. The fourth-order valence-electron chi connectivity index (χ4n) is 3.57. The highest BCUT2D eigenvalue weighted by Crippen LogP contribution is 2.37. The van der Waals surface area contributed by atoms with E-state index in [4.69, 9.17) is 4.74 Å². The molecule has 1 unspecified atom stereocenters. The van der Waals surface area contributed by atoms with Gasteiger partial charge < -0.3 is 10.1 Å². The lowest BCUT2D eigenvalue weighted by molar-refractivity contribution is 0.0974. The van der Waals surface area contributed by atoms with Crippen LogP contribution in [0.25, 0.3) is 5.69 Å². The highest BCUT2D eigenvalue weighted by molar-refractivity contribution is 6.12. The summed E-state index contributed by atoms with van der Waals surface area (Å²) in [6, 6.07) is 24.5. The fraction of sp³-hybridized carbons (Fsp3) is 0.0870. The van der Waals surface area contributed by atoms with Gasteiger partial charge in [-0.3, -0.25) is 9.69 Å². The van der Waals surface area contributed by atoms with E-state index in [1.54, 1.807) is 23.0 Å². The average molecular weight is 397 g/mol. The largest absolute Gasteiger partial charge is 0.497 e. The molecular weight excluding hydrogens is 378 g/mol. The van der Waals surface area contributed by atoms with Gasteiger partial charge in [-0.2, -0.15) is 9.90 Å². The molecule has 0 aliphatic carbocycles. The van der Waals surface area contributed by atoms with Crippen LogP contribution in [0.5, 0.6) is 5.75 Å². The predicted molar refractivity (Wildman–Crippen MR) is 114 cm³/mol. The molecular formula is C23H19N5O2. The summed E-state index contributed by atoms with van der Waals surface area (Å²) in [4.78, 5) is 16.7. The van der Waals surface area contributed by atoms with Gasteiger partial charge in [-0.25, -0.2) is 0 Å². The molecule has 0 radical (unpaired) electrons. The third kappa shape index (κ3) is 3.06. The van der Waals surface area contributed by atoms with E-state index in [2.05, 4.69) is 15.5 Å². The monoisotopic (exact) mass is 397 g/mol. The number of para-hydroxylation sites is 2. The summed E-state index contributed by atoms with van der Waals surface area (Å²) in [5.41, 5.74) is 3.55. The number of aromatic nitrogens is 3. The van der Waals surface area contributed by atoms with Crippen LogP contribution in [0, 0.1) is 0 Å². The SMILES string of the molecule is COc1cccc(N2C(=O)c3ccccc3NC2c2cnn(-c3ccccc3)n2)c1. The van der Waals surface area contributed by atoms with Crippen molar-refractivity contribution in [2.24, 2.45) is 0 Å². The van der Waals surface area contributed by atoms with Gasteiger partial charge in [0.2, 0.25) is 0 Å². The zero-order valence-electron chi connectivity index (χ0n) is 16.3. The molecule has 2 heterocycles. The molecule has 1 aliphatic rings. The first kappa shape index (κ1) is 17.9. The van der Waals surface area contributed by atoms with Gasteiger partial charge in [0.25, 0.3) is 5.91 Å². The van der Waals surface area contributed by atoms with E-state index in [1.165, 1.54) is 0 Å². The lowest BCUT2D eigenvalue weighted by Crippen LogP contribution is -2.43. The zero-order chi connectivity index (χ0) is 20.5. The molecule has 1 amide bonds. The minimum Gasteiger partial charge on any atom is -0.497 e. The third-order valence-electron chi connectivity index (χ3n) is 5.04. The smallest absolute Gasteiger partial charge is 0.262 e. The van der Waals surface area contributed by atoms with E-state index in [0.29, 0.717) is 22.7 Å². The maximum Gasteiger partial charge on any atom is 0.262 e. The molecule has 0 spiro atoms. The minimum absolute atomic E-state index is 0.114. The molecule has 4 aromatic rings. The lowest BCUT2D eigenvalue weighted by Gasteiger charge is -2.36. The molecule has 5 rings (SSSR count). The molecule has 7 nitrogen and oxygen atoms in total. The van der Waals surface area contributed by atoms with Crippen LogP contribution in [-0.4, -0.2) is 28.0 Å². The summed E-state index contributed by atoms with van der Waals surface area (Å²) >= 11 is 0. The lowest BCUT2D eigenvalue weighted by atomic mass is 10.1. The minimum atomic E-state index is -0.517. The number of nitrogens with one attached hydrogen (secondary N) is 1. The van der Waals surface area contributed by atoms with Gasteiger partial charge in [0.15, 0.2) is 6.17 Å². The Morgan fingerprint density at radius 3 is 2.53 bits per heavy atom. The van der Waals surface area contributed by atoms with E-state index < -0.39 is 6.17 Å². The Morgan fingerprint density at radius 2 is 1.70 bits per heavy atom. The van der Waals surface area contributed by atoms with Crippen LogP contribution in [0.3, 0.4) is 0 Å². The molecule has 1 atom stereocenters. The van der Waals surface area contributed by atoms with E-state index >= 15 is 0 Å². The summed E-state index contributed by atoms with van der Waals surface area (Å²) in [5, 5.41) is 12.5. The fourth-order valence-corrected chi connectivity index (χ4v) is 3.57. The van der Waals surface area contributed by atoms with Gasteiger partial charge in [0, 0.05) is 11.8 Å². The molecule has 1 aromatic heterocycles. The van der Waals surface area contributed by atoms with Crippen LogP contribution in [0.1, 0.15) is 22.2 Å². The summed E-state index contributed by atoms with van der Waals surface area (Å²) in [6.07, 6.45) is 1.16. The molecule has 0 fully saturated rings. The van der Waals surface area contributed by atoms with Crippen molar-refractivity contribution >= 4 is 17.3 Å². The Balaban J connectivity index is 1.61. The molecule has 1 N–H and O–H groups in total. The number of ether oxygens (including phenoxy) is 1. The number of benzene rings is 3. The highest BCUT2D eigenvalue weighted by atomic mass is 16.5. The summed E-state index contributed by atoms with van der Waals surface area (Å²) in [5.74, 6) is 0.558. The number of hydrogen-bond acceptors (Lipinski definition) is 5. The third-order valence-corrected chi connectivity index (χ3v) is 5.04. The van der Waals surface area contributed by atoms with Gasteiger partial charge in [-0.1, -0.05) is 36.4 Å². The maximum absolute atomic E-state index is 13.5. The number of nitrogens with zero attached hydrogens (tertiary/aromatic N) is 4. The van der Waals surface area contributed by atoms with Crippen molar-refractivity contribution in [1.82, 2.24) is 15.0 Å². The van der Waals surface area contributed by atoms with Gasteiger partial charge in [0.05, 0.1) is 30.2 Å². The highest BCUT2D eigenvalue weighted by Gasteiger charge is 2.35. The molecule has 30 heavy (non-hydrogen) atoms. The average Bonchev–Trinajstić information content (AvgIpc) is 3.30. The number of carbonyl (C=O) groups is 1. The number of carbonyl (C=O) groups excluding carboxylic acids is 1. The number of methoxy groups -OCH3 is 1. The first-order valence-electron chi connectivity index (χ1n) is 9.55. The molecule has 0 saturated carbocycles. The van der Waals surface area contributed by atoms with Gasteiger partial charge in [0.1, 0.15) is 11.4 Å². The van der Waals surface area contributed by atoms with Crippen molar-refractivity contribution in [3.63, 3.8) is 0 Å². The van der Waals surface area contributed by atoms with E-state index in [9.17, 15) is 4.79 Å². The van der Waals surface area contributed by atoms with Crippen molar-refractivity contribution in [1.29, 1.82) is 0 Å². The van der Waals surface area contributed by atoms with Crippen molar-refractivity contribution < 1.29 is 9.53 Å². The second-order valence-corrected chi connectivity index (χ2v) is 6.86. The second kappa shape index (κ2) is 7.36. The second-order valence-electron chi connectivity index (χ2n) is 6.86. The number of amides is 1. The molecule has 0 saturated heterocycles. The Morgan fingerprint density at radius 1 is 0.933 bits per heavy atom. The first-order valence-corrected chi connectivity index (χ1v) is 9.55. The van der Waals surface area contributed by atoms with E-state index in [1.807, 2.05) is 78.9 Å². The van der Waals surface area contributed by atoms with Crippen LogP contribution in [0.2, 0.25) is 0 Å². The van der Waals surface area contributed by atoms with Crippen molar-refractivity contribution in [2.75, 3.05) is 17.3 Å². The summed E-state index contributed by atoms with van der Waals surface area (Å²) in [6.45, 7) is 0. The topological polar surface area (TPSA) is 72.3 Å². The van der Waals surface area contributed by atoms with Crippen LogP contribution in [-0.2, 0) is 0 Å². The number of rotatable bonds is 4. The number of anilines is 2. The normalized spacial score (nSPS) is 15.4. The number of fused-ring (bicyclic) bond motifs is 1.